The molecule has 0 saturated carbocycles. The Morgan fingerprint density at radius 1 is 1.30 bits per heavy atom. The molecule has 0 aromatic heterocycles. The van der Waals surface area contributed by atoms with Crippen LogP contribution in [0.15, 0.2) is 36.1 Å². The summed E-state index contributed by atoms with van der Waals surface area (Å²) in [7, 11) is 0. The van der Waals surface area contributed by atoms with Crippen molar-refractivity contribution in [3.05, 3.63) is 41.7 Å². The third-order valence-electron chi connectivity index (χ3n) is 3.14. The molecule has 20 heavy (non-hydrogen) atoms. The molecule has 0 unspecified atom stereocenters. The van der Waals surface area contributed by atoms with Gasteiger partial charge < -0.3 is 10.5 Å². The van der Waals surface area contributed by atoms with Crippen molar-refractivity contribution in [3.8, 4) is 11.8 Å². The second-order valence-electron chi connectivity index (χ2n) is 5.77. The highest BCUT2D eigenvalue weighted by atomic mass is 16.5. The normalized spacial score (nSPS) is 16.9. The van der Waals surface area contributed by atoms with Gasteiger partial charge in [-0.25, -0.2) is 0 Å². The van der Waals surface area contributed by atoms with E-state index in [2.05, 4.69) is 25.7 Å². The van der Waals surface area contributed by atoms with Crippen LogP contribution in [0.3, 0.4) is 0 Å². The monoisotopic (exact) mass is 269 g/mol. The van der Waals surface area contributed by atoms with E-state index < -0.39 is 0 Å². The van der Waals surface area contributed by atoms with E-state index in [4.69, 9.17) is 10.5 Å². The van der Waals surface area contributed by atoms with Gasteiger partial charge in [-0.1, -0.05) is 37.8 Å². The first kappa shape index (κ1) is 14.2. The first-order valence-electron chi connectivity index (χ1n) is 6.66. The molecule has 0 atom stereocenters. The topological polar surface area (TPSA) is 52.3 Å². The largest absolute Gasteiger partial charge is 0.485 e. The van der Waals surface area contributed by atoms with Crippen LogP contribution < -0.4 is 5.73 Å². The zero-order valence-corrected chi connectivity index (χ0v) is 11.9. The second-order valence-corrected chi connectivity index (χ2v) is 5.77. The van der Waals surface area contributed by atoms with Gasteiger partial charge in [-0.15, -0.1) is 0 Å². The van der Waals surface area contributed by atoms with Crippen molar-refractivity contribution in [2.45, 2.75) is 26.7 Å². The van der Waals surface area contributed by atoms with E-state index in [1.807, 2.05) is 24.3 Å². The Balaban J connectivity index is 1.94. The zero-order chi connectivity index (χ0) is 14.6. The maximum absolute atomic E-state index is 11.6. The van der Waals surface area contributed by atoms with Gasteiger partial charge in [0.25, 0.3) is 0 Å². The summed E-state index contributed by atoms with van der Waals surface area (Å²) in [5.41, 5.74) is 7.23. The molecule has 1 aromatic rings. The van der Waals surface area contributed by atoms with Gasteiger partial charge in [-0.3, -0.25) is 4.79 Å². The Labute approximate surface area is 119 Å². The molecule has 1 aliphatic rings. The van der Waals surface area contributed by atoms with Gasteiger partial charge in [0, 0.05) is 30.2 Å². The molecule has 104 valence electrons. The fourth-order valence-electron chi connectivity index (χ4n) is 2.25. The van der Waals surface area contributed by atoms with E-state index in [0.29, 0.717) is 12.1 Å². The number of hydrogen-bond donors (Lipinski definition) is 1. The predicted octanol–water partition coefficient (Wildman–Crippen LogP) is 2.91. The number of carbonyl (C=O) groups is 1. The molecule has 2 rings (SSSR count). The van der Waals surface area contributed by atoms with E-state index in [-0.39, 0.29) is 17.8 Å². The minimum Gasteiger partial charge on any atom is -0.485 e. The molecule has 2 N–H and O–H groups in total. The Morgan fingerprint density at radius 2 is 2.05 bits per heavy atom. The van der Waals surface area contributed by atoms with Crippen LogP contribution >= 0.6 is 0 Å². The number of hydrogen-bond acceptors (Lipinski definition) is 3. The predicted molar refractivity (Wildman–Crippen MR) is 79.8 cm³/mol. The van der Waals surface area contributed by atoms with Crippen molar-refractivity contribution >= 4 is 11.5 Å². The summed E-state index contributed by atoms with van der Waals surface area (Å²) >= 11 is 0. The lowest BCUT2D eigenvalue weighted by molar-refractivity contribution is -0.117. The van der Waals surface area contributed by atoms with Crippen molar-refractivity contribution in [1.29, 1.82) is 0 Å². The molecule has 0 bridgehead atoms. The maximum atomic E-state index is 11.6. The smallest absolute Gasteiger partial charge is 0.159 e. The van der Waals surface area contributed by atoms with Crippen molar-refractivity contribution < 1.29 is 9.53 Å². The minimum atomic E-state index is -0.0293. The lowest BCUT2D eigenvalue weighted by Gasteiger charge is -2.28. The summed E-state index contributed by atoms with van der Waals surface area (Å²) in [4.78, 5) is 11.6. The number of carbonyl (C=O) groups excluding carboxylic acids is 1. The van der Waals surface area contributed by atoms with Crippen LogP contribution in [0.4, 0.5) is 5.69 Å². The highest BCUT2D eigenvalue weighted by molar-refractivity contribution is 5.91. The summed E-state index contributed by atoms with van der Waals surface area (Å²) in [6, 6.07) is 7.45. The molecule has 0 spiro atoms. The van der Waals surface area contributed by atoms with Gasteiger partial charge in [0.2, 0.25) is 0 Å². The number of ether oxygens (including phenoxy) is 1. The van der Waals surface area contributed by atoms with Crippen LogP contribution in [-0.2, 0) is 9.53 Å². The molecular formula is C17H19NO2. The summed E-state index contributed by atoms with van der Waals surface area (Å²) < 4.78 is 5.58. The molecule has 0 aliphatic heterocycles. The van der Waals surface area contributed by atoms with Crippen LogP contribution in [0.25, 0.3) is 0 Å². The Bertz CT molecular complexity index is 603. The number of allylic oxidation sites excluding steroid dienone is 2. The van der Waals surface area contributed by atoms with Gasteiger partial charge >= 0.3 is 0 Å². The average Bonchev–Trinajstić information content (AvgIpc) is 2.34. The van der Waals surface area contributed by atoms with Crippen molar-refractivity contribution in [1.82, 2.24) is 0 Å². The summed E-state index contributed by atoms with van der Waals surface area (Å²) in [5, 5.41) is 0. The average molecular weight is 269 g/mol. The Hall–Kier alpha value is -2.21. The Kier molecular flexibility index (Phi) is 4.14. The second kappa shape index (κ2) is 5.83. The number of benzene rings is 1. The van der Waals surface area contributed by atoms with Crippen LogP contribution in [0.2, 0.25) is 0 Å². The molecule has 3 nitrogen and oxygen atoms in total. The van der Waals surface area contributed by atoms with Crippen molar-refractivity contribution in [3.63, 3.8) is 0 Å². The number of nitrogens with two attached hydrogens (primary N) is 1. The van der Waals surface area contributed by atoms with Crippen LogP contribution in [0.5, 0.6) is 0 Å². The lowest BCUT2D eigenvalue weighted by Crippen LogP contribution is -2.22. The third-order valence-corrected chi connectivity index (χ3v) is 3.14. The van der Waals surface area contributed by atoms with Crippen LogP contribution in [-0.4, -0.2) is 12.4 Å². The number of anilines is 1. The number of rotatable bonds is 2. The van der Waals surface area contributed by atoms with E-state index in [1.165, 1.54) is 0 Å². The minimum absolute atomic E-state index is 0.0293. The maximum Gasteiger partial charge on any atom is 0.159 e. The van der Waals surface area contributed by atoms with Gasteiger partial charge in [0.15, 0.2) is 5.78 Å². The van der Waals surface area contributed by atoms with Crippen molar-refractivity contribution in [2.75, 3.05) is 12.3 Å². The highest BCUT2D eigenvalue weighted by Crippen LogP contribution is 2.33. The third kappa shape index (κ3) is 3.89. The molecule has 3 heteroatoms. The number of para-hydroxylation sites is 1. The fraction of sp³-hybridized carbons (Fsp3) is 0.353. The van der Waals surface area contributed by atoms with Crippen molar-refractivity contribution in [2.24, 2.45) is 5.41 Å². The molecule has 1 aromatic carbocycles. The van der Waals surface area contributed by atoms with E-state index in [9.17, 15) is 4.79 Å². The van der Waals surface area contributed by atoms with Gasteiger partial charge in [-0.2, -0.15) is 0 Å². The van der Waals surface area contributed by atoms with Gasteiger partial charge in [0.05, 0.1) is 0 Å². The van der Waals surface area contributed by atoms with Gasteiger partial charge in [-0.05, 0) is 17.5 Å². The summed E-state index contributed by atoms with van der Waals surface area (Å²) in [6.45, 7) is 4.40. The van der Waals surface area contributed by atoms with Crippen LogP contribution in [0.1, 0.15) is 32.3 Å². The molecule has 1 aliphatic carbocycles. The standard InChI is InChI=1S/C17H19NO2/c1-17(2)11-14(19)10-15(12-17)20-9-5-7-13-6-3-4-8-16(13)18/h3-4,6,8,10H,9,11-12,18H2,1-2H3. The lowest BCUT2D eigenvalue weighted by atomic mass is 9.79. The quantitative estimate of drug-likeness (QED) is 0.663. The zero-order valence-electron chi connectivity index (χ0n) is 11.9. The number of nitrogen functional groups attached to an aromatic ring is 1. The van der Waals surface area contributed by atoms with Crippen LogP contribution in [0, 0.1) is 17.3 Å². The van der Waals surface area contributed by atoms with E-state index in [0.717, 1.165) is 17.7 Å². The fourth-order valence-corrected chi connectivity index (χ4v) is 2.25. The van der Waals surface area contributed by atoms with E-state index >= 15 is 0 Å². The highest BCUT2D eigenvalue weighted by Gasteiger charge is 2.28. The molecule has 0 amide bonds. The molecule has 0 radical (unpaired) electrons. The molecular weight excluding hydrogens is 250 g/mol. The molecule has 0 saturated heterocycles. The molecule has 0 fully saturated rings. The van der Waals surface area contributed by atoms with E-state index in [1.54, 1.807) is 6.08 Å². The summed E-state index contributed by atoms with van der Waals surface area (Å²) in [6.07, 6.45) is 2.93. The Morgan fingerprint density at radius 3 is 2.75 bits per heavy atom. The first-order chi connectivity index (χ1) is 9.46. The SMILES string of the molecule is CC1(C)CC(=O)C=C(OCC#Cc2ccccc2N)C1. The summed E-state index contributed by atoms with van der Waals surface area (Å²) in [5.74, 6) is 6.75. The number of ketones is 1. The van der Waals surface area contributed by atoms with Gasteiger partial charge in [0.1, 0.15) is 12.4 Å². The molecule has 0 heterocycles. The first-order valence-corrected chi connectivity index (χ1v) is 6.66.